The Morgan fingerprint density at radius 2 is 0.733 bits per heavy atom. The van der Waals surface area contributed by atoms with Crippen LogP contribution in [0.5, 0.6) is 0 Å². The summed E-state index contributed by atoms with van der Waals surface area (Å²) in [6.07, 6.45) is 39.3. The molecule has 0 aliphatic heterocycles. The molecule has 0 N–H and O–H groups in total. The summed E-state index contributed by atoms with van der Waals surface area (Å²) < 4.78 is 0. The normalized spacial score (nSPS) is 12.8. The first kappa shape index (κ1) is 29.7. The number of unbranched alkanes of at least 4 members (excludes halogenated alkanes) is 18. The van der Waals surface area contributed by atoms with Gasteiger partial charge in [-0.25, -0.2) is 0 Å². The fourth-order valence-electron chi connectivity index (χ4n) is 4.62. The molecule has 1 atom stereocenters. The van der Waals surface area contributed by atoms with Gasteiger partial charge in [-0.15, -0.1) is 0 Å². The lowest BCUT2D eigenvalue weighted by Gasteiger charge is -2.14. The molecule has 0 radical (unpaired) electrons. The summed E-state index contributed by atoms with van der Waals surface area (Å²) in [6, 6.07) is 0. The largest absolute Gasteiger partial charge is 0.0885 e. The summed E-state index contributed by atoms with van der Waals surface area (Å²) in [4.78, 5) is 0. The Hall–Kier alpha value is -0.260. The van der Waals surface area contributed by atoms with Gasteiger partial charge >= 0.3 is 0 Å². The van der Waals surface area contributed by atoms with Crippen molar-refractivity contribution in [3.63, 3.8) is 0 Å². The van der Waals surface area contributed by atoms with Gasteiger partial charge in [0.25, 0.3) is 0 Å². The molecule has 0 rings (SSSR count). The standard InChI is InChI=1S/C30H60/c1-4-7-9-11-12-13-14-15-16-17-18-19-20-21-22-23-24-25-27-29-30(6-3)28-26-10-8-5-2/h20-21,30H,4-19,22-29H2,1-3H3/b21-20+. The van der Waals surface area contributed by atoms with Crippen molar-refractivity contribution in [1.29, 1.82) is 0 Å². The van der Waals surface area contributed by atoms with Crippen LogP contribution >= 0.6 is 0 Å². The zero-order chi connectivity index (χ0) is 22.0. The second kappa shape index (κ2) is 26.8. The monoisotopic (exact) mass is 420 g/mol. The minimum atomic E-state index is 1.01. The second-order valence-electron chi connectivity index (χ2n) is 9.91. The molecule has 30 heavy (non-hydrogen) atoms. The Labute approximate surface area is 193 Å². The predicted octanol–water partition coefficient (Wildman–Crippen LogP) is 11.6. The lowest BCUT2D eigenvalue weighted by Crippen LogP contribution is -1.99. The third-order valence-electron chi connectivity index (χ3n) is 6.92. The summed E-state index contributed by atoms with van der Waals surface area (Å²) in [5, 5.41) is 0. The van der Waals surface area contributed by atoms with Gasteiger partial charge < -0.3 is 0 Å². The van der Waals surface area contributed by atoms with Gasteiger partial charge in [0, 0.05) is 0 Å². The van der Waals surface area contributed by atoms with Gasteiger partial charge in [0.05, 0.1) is 0 Å². The third-order valence-corrected chi connectivity index (χ3v) is 6.92. The van der Waals surface area contributed by atoms with Crippen molar-refractivity contribution in [1.82, 2.24) is 0 Å². The molecule has 0 spiro atoms. The van der Waals surface area contributed by atoms with Crippen LogP contribution in [0.15, 0.2) is 12.2 Å². The zero-order valence-corrected chi connectivity index (χ0v) is 21.7. The van der Waals surface area contributed by atoms with Gasteiger partial charge in [0.15, 0.2) is 0 Å². The van der Waals surface area contributed by atoms with Crippen LogP contribution in [0.25, 0.3) is 0 Å². The van der Waals surface area contributed by atoms with E-state index in [2.05, 4.69) is 32.9 Å². The first-order valence-corrected chi connectivity index (χ1v) is 14.5. The molecule has 180 valence electrons. The van der Waals surface area contributed by atoms with Crippen LogP contribution in [0.1, 0.15) is 175 Å². The van der Waals surface area contributed by atoms with E-state index in [-0.39, 0.29) is 0 Å². The Kier molecular flexibility index (Phi) is 26.5. The Morgan fingerprint density at radius 1 is 0.400 bits per heavy atom. The summed E-state index contributed by atoms with van der Waals surface area (Å²) in [5.74, 6) is 1.01. The van der Waals surface area contributed by atoms with E-state index in [4.69, 9.17) is 0 Å². The lowest BCUT2D eigenvalue weighted by molar-refractivity contribution is 0.395. The molecule has 0 aromatic rings. The van der Waals surface area contributed by atoms with Crippen molar-refractivity contribution in [2.24, 2.45) is 5.92 Å². The molecule has 0 aromatic heterocycles. The first-order chi connectivity index (χ1) is 14.8. The molecular weight excluding hydrogens is 360 g/mol. The maximum Gasteiger partial charge on any atom is -0.0351 e. The van der Waals surface area contributed by atoms with Gasteiger partial charge in [0.1, 0.15) is 0 Å². The van der Waals surface area contributed by atoms with Crippen molar-refractivity contribution in [2.75, 3.05) is 0 Å². The first-order valence-electron chi connectivity index (χ1n) is 14.5. The molecule has 0 nitrogen and oxygen atoms in total. The van der Waals surface area contributed by atoms with Crippen LogP contribution in [0.3, 0.4) is 0 Å². The van der Waals surface area contributed by atoms with E-state index in [1.54, 1.807) is 0 Å². The minimum absolute atomic E-state index is 1.01. The van der Waals surface area contributed by atoms with Gasteiger partial charge in [-0.2, -0.15) is 0 Å². The van der Waals surface area contributed by atoms with Crippen molar-refractivity contribution >= 4 is 0 Å². The van der Waals surface area contributed by atoms with Crippen molar-refractivity contribution < 1.29 is 0 Å². The minimum Gasteiger partial charge on any atom is -0.0885 e. The maximum atomic E-state index is 2.46. The molecule has 0 bridgehead atoms. The average Bonchev–Trinajstić information content (AvgIpc) is 2.76. The fraction of sp³-hybridized carbons (Fsp3) is 0.933. The van der Waals surface area contributed by atoms with Crippen molar-refractivity contribution in [3.8, 4) is 0 Å². The Balaban J connectivity index is 3.24. The fourth-order valence-corrected chi connectivity index (χ4v) is 4.62. The highest BCUT2D eigenvalue weighted by molar-refractivity contribution is 4.81. The SMILES string of the molecule is CCCCCCCCCCCCC/C=C/CCCCCCC(CC)CCCCCC. The number of hydrogen-bond donors (Lipinski definition) is 0. The quantitative estimate of drug-likeness (QED) is 0.102. The number of allylic oxidation sites excluding steroid dienone is 2. The molecule has 0 amide bonds. The number of hydrogen-bond acceptors (Lipinski definition) is 0. The van der Waals surface area contributed by atoms with Gasteiger partial charge in [-0.1, -0.05) is 161 Å². The van der Waals surface area contributed by atoms with Crippen LogP contribution in [-0.4, -0.2) is 0 Å². The van der Waals surface area contributed by atoms with Gasteiger partial charge in [-0.3, -0.25) is 0 Å². The molecule has 0 heteroatoms. The van der Waals surface area contributed by atoms with E-state index in [0.717, 1.165) is 5.92 Å². The molecular formula is C30H60. The van der Waals surface area contributed by atoms with E-state index in [9.17, 15) is 0 Å². The summed E-state index contributed by atoms with van der Waals surface area (Å²) in [5.41, 5.74) is 0. The van der Waals surface area contributed by atoms with Gasteiger partial charge in [-0.05, 0) is 31.6 Å². The van der Waals surface area contributed by atoms with Crippen LogP contribution in [0, 0.1) is 5.92 Å². The molecule has 0 aromatic carbocycles. The Bertz CT molecular complexity index is 316. The highest BCUT2D eigenvalue weighted by atomic mass is 14.1. The molecule has 0 fully saturated rings. The molecule has 0 saturated heterocycles. The summed E-state index contributed by atoms with van der Waals surface area (Å²) >= 11 is 0. The van der Waals surface area contributed by atoms with Crippen molar-refractivity contribution in [3.05, 3.63) is 12.2 Å². The van der Waals surface area contributed by atoms with Crippen molar-refractivity contribution in [2.45, 2.75) is 175 Å². The molecule has 0 aliphatic rings. The maximum absolute atomic E-state index is 2.46. The van der Waals surface area contributed by atoms with E-state index in [1.165, 1.54) is 154 Å². The highest BCUT2D eigenvalue weighted by Gasteiger charge is 2.05. The second-order valence-corrected chi connectivity index (χ2v) is 9.91. The summed E-state index contributed by atoms with van der Waals surface area (Å²) in [7, 11) is 0. The van der Waals surface area contributed by atoms with Crippen LogP contribution in [0.4, 0.5) is 0 Å². The topological polar surface area (TPSA) is 0 Å². The van der Waals surface area contributed by atoms with E-state index >= 15 is 0 Å². The van der Waals surface area contributed by atoms with Crippen LogP contribution < -0.4 is 0 Å². The van der Waals surface area contributed by atoms with Crippen LogP contribution in [-0.2, 0) is 0 Å². The molecule has 1 unspecified atom stereocenters. The third kappa shape index (κ3) is 24.0. The number of rotatable bonds is 25. The predicted molar refractivity (Wildman–Crippen MR) is 140 cm³/mol. The molecule has 0 saturated carbocycles. The van der Waals surface area contributed by atoms with E-state index in [0.29, 0.717) is 0 Å². The highest BCUT2D eigenvalue weighted by Crippen LogP contribution is 2.21. The lowest BCUT2D eigenvalue weighted by atomic mass is 9.92. The Morgan fingerprint density at radius 3 is 1.13 bits per heavy atom. The average molecular weight is 421 g/mol. The molecule has 0 heterocycles. The zero-order valence-electron chi connectivity index (χ0n) is 21.7. The van der Waals surface area contributed by atoms with E-state index < -0.39 is 0 Å². The summed E-state index contributed by atoms with van der Waals surface area (Å²) in [6.45, 7) is 7.01. The van der Waals surface area contributed by atoms with E-state index in [1.807, 2.05) is 0 Å². The smallest absolute Gasteiger partial charge is 0.0351 e. The molecule has 0 aliphatic carbocycles. The van der Waals surface area contributed by atoms with Crippen LogP contribution in [0.2, 0.25) is 0 Å². The van der Waals surface area contributed by atoms with Gasteiger partial charge in [0.2, 0.25) is 0 Å².